The Morgan fingerprint density at radius 3 is 2.48 bits per heavy atom. The molecule has 10 heteroatoms. The van der Waals surface area contributed by atoms with Gasteiger partial charge in [0.15, 0.2) is 0 Å². The summed E-state index contributed by atoms with van der Waals surface area (Å²) in [7, 11) is -3.98. The summed E-state index contributed by atoms with van der Waals surface area (Å²) in [5.41, 5.74) is 4.45. The van der Waals surface area contributed by atoms with Gasteiger partial charge in [0.2, 0.25) is 0 Å². The molecule has 8 nitrogen and oxygen atoms in total. The summed E-state index contributed by atoms with van der Waals surface area (Å²) >= 11 is 5.99. The van der Waals surface area contributed by atoms with Gasteiger partial charge in [0, 0.05) is 54.4 Å². The lowest BCUT2D eigenvalue weighted by Gasteiger charge is -2.44. The van der Waals surface area contributed by atoms with Crippen molar-refractivity contribution in [3.63, 3.8) is 0 Å². The molecule has 0 aliphatic carbocycles. The standard InChI is InChI=1S/C32H31ClN4O4S/c1-21-5-7-22(8-6-21)17-34-32(39)24-9-14-30(28(16-24)35-42(40,41)27-12-10-26(33)11-13-27)36-18-23-15-25(20-36)29-3-2-4-31(38)37(29)19-23/h2-14,16,23,25,35H,15,17-20H2,1H3,(H,34,39)/t23-,25+/m1/s1. The van der Waals surface area contributed by atoms with Crippen LogP contribution in [0.3, 0.4) is 0 Å². The van der Waals surface area contributed by atoms with Crippen molar-refractivity contribution in [1.29, 1.82) is 0 Å². The Balaban J connectivity index is 1.32. The topological polar surface area (TPSA) is 101 Å². The van der Waals surface area contributed by atoms with Crippen LogP contribution in [0.25, 0.3) is 0 Å². The lowest BCUT2D eigenvalue weighted by molar-refractivity contribution is 0.0951. The molecule has 2 aliphatic rings. The van der Waals surface area contributed by atoms with Crippen molar-refractivity contribution in [2.24, 2.45) is 5.92 Å². The molecule has 2 aliphatic heterocycles. The molecule has 2 bridgehead atoms. The highest BCUT2D eigenvalue weighted by Gasteiger charge is 2.35. The summed E-state index contributed by atoms with van der Waals surface area (Å²) < 4.78 is 31.5. The lowest BCUT2D eigenvalue weighted by Crippen LogP contribution is -2.47. The highest BCUT2D eigenvalue weighted by Crippen LogP contribution is 2.39. The normalized spacial score (nSPS) is 17.8. The Hall–Kier alpha value is -4.08. The van der Waals surface area contributed by atoms with Crippen LogP contribution >= 0.6 is 11.6 Å². The predicted octanol–water partition coefficient (Wildman–Crippen LogP) is 5.16. The first-order valence-electron chi connectivity index (χ1n) is 13.9. The first kappa shape index (κ1) is 28.1. The lowest BCUT2D eigenvalue weighted by atomic mass is 9.83. The third-order valence-corrected chi connectivity index (χ3v) is 9.65. The molecule has 0 unspecified atom stereocenters. The molecule has 3 aromatic carbocycles. The SMILES string of the molecule is Cc1ccc(CNC(=O)c2ccc(N3C[C@H]4C[C@@H](C3)c3cccc(=O)n3C4)c(NS(=O)(=O)c3ccc(Cl)cc3)c2)cc1. The fraction of sp³-hybridized carbons (Fsp3) is 0.250. The molecule has 0 radical (unpaired) electrons. The molecule has 1 aromatic heterocycles. The van der Waals surface area contributed by atoms with Crippen LogP contribution in [0.5, 0.6) is 0 Å². The number of anilines is 2. The van der Waals surface area contributed by atoms with Crippen molar-refractivity contribution in [2.75, 3.05) is 22.7 Å². The molecule has 3 heterocycles. The molecular weight excluding hydrogens is 572 g/mol. The van der Waals surface area contributed by atoms with Gasteiger partial charge in [-0.2, -0.15) is 0 Å². The van der Waals surface area contributed by atoms with Crippen LogP contribution in [0.2, 0.25) is 5.02 Å². The summed E-state index contributed by atoms with van der Waals surface area (Å²) in [6, 6.07) is 24.4. The number of hydrogen-bond acceptors (Lipinski definition) is 5. The molecule has 4 aromatic rings. The number of carbonyl (C=O) groups is 1. The second-order valence-electron chi connectivity index (χ2n) is 11.1. The van der Waals surface area contributed by atoms with Crippen LogP contribution in [-0.2, 0) is 23.1 Å². The van der Waals surface area contributed by atoms with Gasteiger partial charge >= 0.3 is 0 Å². The zero-order valence-electron chi connectivity index (χ0n) is 23.1. The van der Waals surface area contributed by atoms with Crippen LogP contribution in [0.15, 0.2) is 94.6 Å². The minimum atomic E-state index is -3.98. The number of benzene rings is 3. The number of piperidine rings is 1. The zero-order valence-corrected chi connectivity index (χ0v) is 24.7. The predicted molar refractivity (Wildman–Crippen MR) is 165 cm³/mol. The van der Waals surface area contributed by atoms with Gasteiger partial charge < -0.3 is 14.8 Å². The average Bonchev–Trinajstić information content (AvgIpc) is 2.97. The molecule has 2 N–H and O–H groups in total. The van der Waals surface area contributed by atoms with Gasteiger partial charge in [-0.15, -0.1) is 0 Å². The van der Waals surface area contributed by atoms with Gasteiger partial charge in [-0.05, 0) is 73.4 Å². The molecule has 216 valence electrons. The third-order valence-electron chi connectivity index (χ3n) is 8.02. The van der Waals surface area contributed by atoms with Gasteiger partial charge in [-0.25, -0.2) is 8.42 Å². The number of rotatable bonds is 7. The van der Waals surface area contributed by atoms with E-state index in [1.165, 1.54) is 24.3 Å². The monoisotopic (exact) mass is 602 g/mol. The van der Waals surface area contributed by atoms with Crippen LogP contribution in [0.4, 0.5) is 11.4 Å². The van der Waals surface area contributed by atoms with Crippen molar-refractivity contribution < 1.29 is 13.2 Å². The van der Waals surface area contributed by atoms with Crippen molar-refractivity contribution in [2.45, 2.75) is 37.2 Å². The Morgan fingerprint density at radius 1 is 0.952 bits per heavy atom. The van der Waals surface area contributed by atoms with E-state index in [4.69, 9.17) is 11.6 Å². The van der Waals surface area contributed by atoms with Gasteiger partial charge in [-0.3, -0.25) is 14.3 Å². The number of aromatic nitrogens is 1. The maximum absolute atomic E-state index is 13.5. The number of amides is 1. The first-order valence-corrected chi connectivity index (χ1v) is 15.7. The average molecular weight is 603 g/mol. The highest BCUT2D eigenvalue weighted by molar-refractivity contribution is 7.92. The summed E-state index contributed by atoms with van der Waals surface area (Å²) in [5.74, 6) is 0.0528. The van der Waals surface area contributed by atoms with E-state index in [2.05, 4.69) is 14.9 Å². The van der Waals surface area contributed by atoms with Gasteiger partial charge in [0.1, 0.15) is 0 Å². The number of halogens is 1. The number of aryl methyl sites for hydroxylation is 1. The number of fused-ring (bicyclic) bond motifs is 4. The molecule has 0 spiro atoms. The van der Waals surface area contributed by atoms with Crippen LogP contribution in [-0.4, -0.2) is 32.0 Å². The number of nitrogens with zero attached hydrogens (tertiary/aromatic N) is 2. The number of carbonyl (C=O) groups excluding carboxylic acids is 1. The van der Waals surface area contributed by atoms with E-state index in [0.717, 1.165) is 23.2 Å². The summed E-state index contributed by atoms with van der Waals surface area (Å²) in [5, 5.41) is 3.37. The number of sulfonamides is 1. The number of hydrogen-bond donors (Lipinski definition) is 2. The molecule has 6 rings (SSSR count). The maximum atomic E-state index is 13.5. The highest BCUT2D eigenvalue weighted by atomic mass is 35.5. The second-order valence-corrected chi connectivity index (χ2v) is 13.2. The fourth-order valence-corrected chi connectivity index (χ4v) is 7.13. The van der Waals surface area contributed by atoms with E-state index in [9.17, 15) is 18.0 Å². The van der Waals surface area contributed by atoms with Gasteiger partial charge in [0.25, 0.3) is 21.5 Å². The molecule has 1 fully saturated rings. The van der Waals surface area contributed by atoms with Crippen LogP contribution in [0.1, 0.15) is 39.5 Å². The Bertz CT molecular complexity index is 1800. The van der Waals surface area contributed by atoms with Crippen molar-refractivity contribution in [3.05, 3.63) is 123 Å². The summed E-state index contributed by atoms with van der Waals surface area (Å²) in [6.45, 7) is 4.25. The zero-order chi connectivity index (χ0) is 29.4. The molecular formula is C32H31ClN4O4S. The van der Waals surface area contributed by atoms with E-state index in [-0.39, 0.29) is 28.2 Å². The van der Waals surface area contributed by atoms with E-state index in [1.54, 1.807) is 30.3 Å². The minimum absolute atomic E-state index is 0.00747. The van der Waals surface area contributed by atoms with Crippen molar-refractivity contribution >= 4 is 38.9 Å². The Kier molecular flexibility index (Phi) is 7.55. The largest absolute Gasteiger partial charge is 0.369 e. The third kappa shape index (κ3) is 5.80. The van der Waals surface area contributed by atoms with Crippen LogP contribution in [0, 0.1) is 12.8 Å². The Labute approximate surface area is 250 Å². The molecule has 1 amide bonds. The van der Waals surface area contributed by atoms with Crippen LogP contribution < -0.4 is 20.5 Å². The van der Waals surface area contributed by atoms with E-state index in [0.29, 0.717) is 48.1 Å². The number of nitrogens with one attached hydrogen (secondary N) is 2. The van der Waals surface area contributed by atoms with Gasteiger partial charge in [0.05, 0.1) is 16.3 Å². The molecule has 2 atom stereocenters. The van der Waals surface area contributed by atoms with E-state index < -0.39 is 10.0 Å². The molecule has 1 saturated heterocycles. The van der Waals surface area contributed by atoms with Crippen molar-refractivity contribution in [1.82, 2.24) is 9.88 Å². The summed E-state index contributed by atoms with van der Waals surface area (Å²) in [4.78, 5) is 27.9. The van der Waals surface area contributed by atoms with E-state index in [1.807, 2.05) is 41.8 Å². The quantitative estimate of drug-likeness (QED) is 0.304. The maximum Gasteiger partial charge on any atom is 0.261 e. The first-order chi connectivity index (χ1) is 20.2. The number of pyridine rings is 1. The fourth-order valence-electron chi connectivity index (χ4n) is 5.94. The Morgan fingerprint density at radius 2 is 1.71 bits per heavy atom. The van der Waals surface area contributed by atoms with E-state index >= 15 is 0 Å². The minimum Gasteiger partial charge on any atom is -0.369 e. The molecule has 42 heavy (non-hydrogen) atoms. The second kappa shape index (κ2) is 11.3. The summed E-state index contributed by atoms with van der Waals surface area (Å²) in [6.07, 6.45) is 0.964. The van der Waals surface area contributed by atoms with Crippen molar-refractivity contribution in [3.8, 4) is 0 Å². The smallest absolute Gasteiger partial charge is 0.261 e. The molecule has 0 saturated carbocycles. The van der Waals surface area contributed by atoms with Gasteiger partial charge in [-0.1, -0.05) is 47.5 Å².